The highest BCUT2D eigenvalue weighted by molar-refractivity contribution is 7.89. The van der Waals surface area contributed by atoms with Gasteiger partial charge in [0.25, 0.3) is 0 Å². The quantitative estimate of drug-likeness (QED) is 0.709. The van der Waals surface area contributed by atoms with Gasteiger partial charge >= 0.3 is 0 Å². The van der Waals surface area contributed by atoms with Crippen molar-refractivity contribution >= 4 is 33.4 Å². The third-order valence-corrected chi connectivity index (χ3v) is 6.31. The largest absolute Gasteiger partial charge is 0.394 e. The molecule has 0 aliphatic carbocycles. The van der Waals surface area contributed by atoms with Crippen LogP contribution in [-0.2, 0) is 19.6 Å². The Morgan fingerprint density at radius 3 is 2.50 bits per heavy atom. The molecule has 2 saturated heterocycles. The van der Waals surface area contributed by atoms with Crippen LogP contribution in [0.15, 0.2) is 29.2 Å². The average Bonchev–Trinajstić information content (AvgIpc) is 2.58. The molecule has 2 atom stereocenters. The molecule has 0 spiro atoms. The van der Waals surface area contributed by atoms with E-state index in [-0.39, 0.29) is 24.5 Å². The van der Waals surface area contributed by atoms with Gasteiger partial charge in [0.05, 0.1) is 11.5 Å². The molecule has 1 aromatic carbocycles. The number of carbonyl (C=O) groups is 2. The van der Waals surface area contributed by atoms with Gasteiger partial charge in [-0.15, -0.1) is 0 Å². The predicted octanol–water partition coefficient (Wildman–Crippen LogP) is -0.968. The Hall–Kier alpha value is -1.68. The Labute approximate surface area is 144 Å². The maximum absolute atomic E-state index is 12.7. The van der Waals surface area contributed by atoms with Crippen molar-refractivity contribution < 1.29 is 23.1 Å². The number of nitrogens with zero attached hydrogens (tertiary/aromatic N) is 2. The molecule has 0 saturated carbocycles. The predicted molar refractivity (Wildman–Crippen MR) is 84.7 cm³/mol. The lowest BCUT2D eigenvalue weighted by Crippen LogP contribution is -2.70. The summed E-state index contributed by atoms with van der Waals surface area (Å²) < 4.78 is 26.6. The molecule has 0 radical (unpaired) electrons. The minimum atomic E-state index is -3.78. The van der Waals surface area contributed by atoms with Gasteiger partial charge in [0.15, 0.2) is 0 Å². The lowest BCUT2D eigenvalue weighted by atomic mass is 10.1. The average molecular weight is 374 g/mol. The van der Waals surface area contributed by atoms with Crippen LogP contribution >= 0.6 is 11.6 Å². The summed E-state index contributed by atoms with van der Waals surface area (Å²) in [4.78, 5) is 25.7. The van der Waals surface area contributed by atoms with Gasteiger partial charge < -0.3 is 15.3 Å². The number of aliphatic hydroxyl groups is 1. The fraction of sp³-hybridized carbons (Fsp3) is 0.429. The van der Waals surface area contributed by atoms with Crippen LogP contribution in [0.2, 0.25) is 5.02 Å². The SMILES string of the molecule is O=C1N[C@H](CO)C(=O)N2CCN(S(=O)(=O)c3ccc(Cl)cc3)C[C@H]12. The van der Waals surface area contributed by atoms with Gasteiger partial charge in [-0.25, -0.2) is 8.42 Å². The molecule has 2 aliphatic heterocycles. The Bertz CT molecular complexity index is 767. The molecule has 2 heterocycles. The Morgan fingerprint density at radius 1 is 1.21 bits per heavy atom. The zero-order valence-corrected chi connectivity index (χ0v) is 14.1. The summed E-state index contributed by atoms with van der Waals surface area (Å²) in [7, 11) is -3.78. The highest BCUT2D eigenvalue weighted by atomic mass is 35.5. The molecule has 130 valence electrons. The van der Waals surface area contributed by atoms with Crippen LogP contribution in [-0.4, -0.2) is 72.9 Å². The second-order valence-corrected chi connectivity index (χ2v) is 7.98. The molecule has 2 N–H and O–H groups in total. The van der Waals surface area contributed by atoms with E-state index < -0.39 is 40.5 Å². The number of nitrogens with one attached hydrogen (secondary N) is 1. The molecule has 0 aromatic heterocycles. The number of aliphatic hydroxyl groups excluding tert-OH is 1. The molecule has 2 fully saturated rings. The third kappa shape index (κ3) is 2.88. The van der Waals surface area contributed by atoms with Crippen molar-refractivity contribution in [2.75, 3.05) is 26.2 Å². The van der Waals surface area contributed by atoms with E-state index in [1.807, 2.05) is 0 Å². The molecule has 0 bridgehead atoms. The lowest BCUT2D eigenvalue weighted by Gasteiger charge is -2.44. The van der Waals surface area contributed by atoms with Crippen LogP contribution in [0.25, 0.3) is 0 Å². The first-order valence-corrected chi connectivity index (χ1v) is 9.14. The summed E-state index contributed by atoms with van der Waals surface area (Å²) in [6.07, 6.45) is 0. The van der Waals surface area contributed by atoms with Gasteiger partial charge in [0.2, 0.25) is 21.8 Å². The number of carbonyl (C=O) groups excluding carboxylic acids is 2. The molecule has 3 rings (SSSR count). The van der Waals surface area contributed by atoms with Crippen LogP contribution in [0, 0.1) is 0 Å². The van der Waals surface area contributed by atoms with Gasteiger partial charge in [0, 0.05) is 24.7 Å². The maximum Gasteiger partial charge on any atom is 0.248 e. The van der Waals surface area contributed by atoms with E-state index in [1.165, 1.54) is 33.5 Å². The Balaban J connectivity index is 1.83. The number of piperazine rings is 2. The number of halogens is 1. The number of sulfonamides is 1. The molecule has 10 heteroatoms. The summed E-state index contributed by atoms with van der Waals surface area (Å²) in [5.74, 6) is -0.865. The summed E-state index contributed by atoms with van der Waals surface area (Å²) >= 11 is 5.78. The smallest absolute Gasteiger partial charge is 0.248 e. The van der Waals surface area contributed by atoms with Crippen LogP contribution in [0.3, 0.4) is 0 Å². The monoisotopic (exact) mass is 373 g/mol. The molecule has 2 aliphatic rings. The standard InChI is InChI=1S/C14H16ClN3O5S/c15-9-1-3-10(4-2-9)24(22,23)17-5-6-18-12(7-17)13(20)16-11(8-19)14(18)21/h1-4,11-12,19H,5-8H2,(H,16,20)/t11-,12-/m1/s1. The molecule has 8 nitrogen and oxygen atoms in total. The number of fused-ring (bicyclic) bond motifs is 1. The van der Waals surface area contributed by atoms with Gasteiger partial charge in [-0.1, -0.05) is 11.6 Å². The summed E-state index contributed by atoms with van der Waals surface area (Å²) in [6, 6.07) is 3.90. The summed E-state index contributed by atoms with van der Waals surface area (Å²) in [5.41, 5.74) is 0. The second-order valence-electron chi connectivity index (χ2n) is 5.61. The van der Waals surface area contributed by atoms with Crippen LogP contribution < -0.4 is 5.32 Å². The lowest BCUT2D eigenvalue weighted by molar-refractivity contribution is -0.152. The highest BCUT2D eigenvalue weighted by Gasteiger charge is 2.45. The zero-order chi connectivity index (χ0) is 17.5. The Kier molecular flexibility index (Phi) is 4.52. The van der Waals surface area contributed by atoms with E-state index in [9.17, 15) is 18.0 Å². The number of benzene rings is 1. The zero-order valence-electron chi connectivity index (χ0n) is 12.6. The van der Waals surface area contributed by atoms with Crippen molar-refractivity contribution in [3.05, 3.63) is 29.3 Å². The maximum atomic E-state index is 12.7. The number of amides is 2. The second kappa shape index (κ2) is 6.32. The van der Waals surface area contributed by atoms with Crippen molar-refractivity contribution in [1.29, 1.82) is 0 Å². The van der Waals surface area contributed by atoms with E-state index in [1.54, 1.807) is 0 Å². The number of hydrogen-bond donors (Lipinski definition) is 2. The van der Waals surface area contributed by atoms with E-state index in [4.69, 9.17) is 16.7 Å². The molecular weight excluding hydrogens is 358 g/mol. The van der Waals surface area contributed by atoms with Gasteiger partial charge in [-0.2, -0.15) is 4.31 Å². The first-order valence-electron chi connectivity index (χ1n) is 7.32. The molecule has 0 unspecified atom stereocenters. The van der Waals surface area contributed by atoms with E-state index in [2.05, 4.69) is 5.32 Å². The number of rotatable bonds is 3. The van der Waals surface area contributed by atoms with Crippen LogP contribution in [0.4, 0.5) is 0 Å². The minimum Gasteiger partial charge on any atom is -0.394 e. The third-order valence-electron chi connectivity index (χ3n) is 4.18. The fourth-order valence-electron chi connectivity index (χ4n) is 2.87. The van der Waals surface area contributed by atoms with Crippen molar-refractivity contribution in [2.24, 2.45) is 0 Å². The van der Waals surface area contributed by atoms with Gasteiger partial charge in [0.1, 0.15) is 12.1 Å². The van der Waals surface area contributed by atoms with Crippen LogP contribution in [0.1, 0.15) is 0 Å². The van der Waals surface area contributed by atoms with Crippen molar-refractivity contribution in [3.8, 4) is 0 Å². The minimum absolute atomic E-state index is 0.0797. The molecule has 1 aromatic rings. The summed E-state index contributed by atoms with van der Waals surface area (Å²) in [6.45, 7) is -0.430. The molecular formula is C14H16ClN3O5S. The molecule has 2 amide bonds. The van der Waals surface area contributed by atoms with E-state index >= 15 is 0 Å². The highest BCUT2D eigenvalue weighted by Crippen LogP contribution is 2.23. The first kappa shape index (κ1) is 17.2. The van der Waals surface area contributed by atoms with Crippen molar-refractivity contribution in [2.45, 2.75) is 17.0 Å². The van der Waals surface area contributed by atoms with Crippen molar-refractivity contribution in [1.82, 2.24) is 14.5 Å². The van der Waals surface area contributed by atoms with Gasteiger partial charge in [-0.05, 0) is 24.3 Å². The Morgan fingerprint density at radius 2 is 1.88 bits per heavy atom. The van der Waals surface area contributed by atoms with E-state index in [0.29, 0.717) is 5.02 Å². The summed E-state index contributed by atoms with van der Waals surface area (Å²) in [5, 5.41) is 12.0. The fourth-order valence-corrected chi connectivity index (χ4v) is 4.44. The number of hydrogen-bond acceptors (Lipinski definition) is 5. The van der Waals surface area contributed by atoms with E-state index in [0.717, 1.165) is 0 Å². The topological polar surface area (TPSA) is 107 Å². The van der Waals surface area contributed by atoms with Crippen molar-refractivity contribution in [3.63, 3.8) is 0 Å². The normalized spacial score (nSPS) is 25.3. The first-order chi connectivity index (χ1) is 11.3. The van der Waals surface area contributed by atoms with Crippen LogP contribution in [0.5, 0.6) is 0 Å². The van der Waals surface area contributed by atoms with Gasteiger partial charge in [-0.3, -0.25) is 9.59 Å². The molecule has 24 heavy (non-hydrogen) atoms.